The summed E-state index contributed by atoms with van der Waals surface area (Å²) in [6, 6.07) is 10.2. The molecule has 0 bridgehead atoms. The largest absolute Gasteiger partial charge is 0.457 e. The zero-order valence-electron chi connectivity index (χ0n) is 11.4. The Balaban J connectivity index is 2.09. The van der Waals surface area contributed by atoms with Gasteiger partial charge in [-0.05, 0) is 31.5 Å². The van der Waals surface area contributed by atoms with Gasteiger partial charge in [-0.3, -0.25) is 0 Å². The summed E-state index contributed by atoms with van der Waals surface area (Å²) in [7, 11) is 0. The average molecular weight is 273 g/mol. The second kappa shape index (κ2) is 5.74. The van der Waals surface area contributed by atoms with Crippen molar-refractivity contribution in [1.29, 1.82) is 0 Å². The van der Waals surface area contributed by atoms with Crippen LogP contribution in [0.2, 0.25) is 0 Å². The number of rotatable bonds is 3. The van der Waals surface area contributed by atoms with Gasteiger partial charge in [-0.25, -0.2) is 9.18 Å². The third-order valence-corrected chi connectivity index (χ3v) is 3.07. The van der Waals surface area contributed by atoms with Crippen LogP contribution in [0.1, 0.15) is 27.0 Å². The first-order valence-corrected chi connectivity index (χ1v) is 6.25. The van der Waals surface area contributed by atoms with Crippen LogP contribution in [0, 0.1) is 19.7 Å². The first-order chi connectivity index (χ1) is 9.47. The molecular weight excluding hydrogens is 257 g/mol. The number of nitrogen functional groups attached to an aromatic ring is 1. The molecule has 3 nitrogen and oxygen atoms in total. The number of aryl methyl sites for hydroxylation is 1. The van der Waals surface area contributed by atoms with Crippen molar-refractivity contribution in [3.8, 4) is 0 Å². The first kappa shape index (κ1) is 14.1. The third-order valence-electron chi connectivity index (χ3n) is 3.07. The molecule has 4 heteroatoms. The molecule has 2 rings (SSSR count). The Hall–Kier alpha value is -2.36. The highest BCUT2D eigenvalue weighted by atomic mass is 19.1. The molecule has 104 valence electrons. The van der Waals surface area contributed by atoms with Gasteiger partial charge in [-0.2, -0.15) is 0 Å². The van der Waals surface area contributed by atoms with Crippen molar-refractivity contribution in [2.75, 3.05) is 5.73 Å². The number of carbonyl (C=O) groups is 1. The number of hydrogen-bond donors (Lipinski definition) is 1. The lowest BCUT2D eigenvalue weighted by Crippen LogP contribution is -2.07. The van der Waals surface area contributed by atoms with E-state index < -0.39 is 11.8 Å². The van der Waals surface area contributed by atoms with E-state index in [1.165, 1.54) is 6.07 Å². The highest BCUT2D eigenvalue weighted by Crippen LogP contribution is 2.18. The van der Waals surface area contributed by atoms with E-state index in [9.17, 15) is 9.18 Å². The Labute approximate surface area is 117 Å². The van der Waals surface area contributed by atoms with E-state index in [1.807, 2.05) is 31.2 Å². The van der Waals surface area contributed by atoms with E-state index in [0.29, 0.717) is 5.56 Å². The average Bonchev–Trinajstić information content (AvgIpc) is 2.41. The fraction of sp³-hybridized carbons (Fsp3) is 0.188. The monoisotopic (exact) mass is 273 g/mol. The molecule has 0 saturated heterocycles. The zero-order chi connectivity index (χ0) is 14.7. The molecule has 2 aromatic rings. The van der Waals surface area contributed by atoms with Gasteiger partial charge in [0.2, 0.25) is 0 Å². The normalized spacial score (nSPS) is 10.3. The molecule has 0 heterocycles. The van der Waals surface area contributed by atoms with Crippen molar-refractivity contribution in [3.63, 3.8) is 0 Å². The van der Waals surface area contributed by atoms with Crippen LogP contribution in [-0.2, 0) is 11.3 Å². The first-order valence-electron chi connectivity index (χ1n) is 6.25. The topological polar surface area (TPSA) is 52.3 Å². The predicted octanol–water partition coefficient (Wildman–Crippen LogP) is 3.38. The molecular formula is C16H16FNO2. The Morgan fingerprint density at radius 1 is 1.25 bits per heavy atom. The SMILES string of the molecule is Cc1cccc(COC(=O)c2cc(N)c(C)c(F)c2)c1. The molecule has 2 aromatic carbocycles. The molecule has 0 aliphatic rings. The standard InChI is InChI=1S/C16H16FNO2/c1-10-4-3-5-12(6-10)9-20-16(19)13-7-14(17)11(2)15(18)8-13/h3-8H,9,18H2,1-2H3. The van der Waals surface area contributed by atoms with E-state index in [2.05, 4.69) is 0 Å². The molecule has 2 N–H and O–H groups in total. The van der Waals surface area contributed by atoms with E-state index in [-0.39, 0.29) is 17.9 Å². The van der Waals surface area contributed by atoms with Crippen LogP contribution in [0.3, 0.4) is 0 Å². The summed E-state index contributed by atoms with van der Waals surface area (Å²) in [5.41, 5.74) is 8.31. The Kier molecular flexibility index (Phi) is 4.03. The molecule has 0 amide bonds. The van der Waals surface area contributed by atoms with Gasteiger partial charge in [0.25, 0.3) is 0 Å². The predicted molar refractivity (Wildman–Crippen MR) is 75.8 cm³/mol. The van der Waals surface area contributed by atoms with E-state index >= 15 is 0 Å². The number of carbonyl (C=O) groups excluding carboxylic acids is 1. The molecule has 0 aliphatic carbocycles. The highest BCUT2D eigenvalue weighted by Gasteiger charge is 2.12. The molecule has 0 saturated carbocycles. The maximum atomic E-state index is 13.5. The Morgan fingerprint density at radius 2 is 2.00 bits per heavy atom. The van der Waals surface area contributed by atoms with Crippen LogP contribution in [0.4, 0.5) is 10.1 Å². The number of esters is 1. The van der Waals surface area contributed by atoms with Gasteiger partial charge >= 0.3 is 5.97 Å². The molecule has 0 unspecified atom stereocenters. The van der Waals surface area contributed by atoms with Crippen LogP contribution in [0.5, 0.6) is 0 Å². The molecule has 20 heavy (non-hydrogen) atoms. The van der Waals surface area contributed by atoms with E-state index in [0.717, 1.165) is 17.2 Å². The minimum absolute atomic E-state index is 0.123. The minimum atomic E-state index is -0.586. The Morgan fingerprint density at radius 3 is 2.65 bits per heavy atom. The van der Waals surface area contributed by atoms with Crippen LogP contribution in [0.15, 0.2) is 36.4 Å². The van der Waals surface area contributed by atoms with Crippen molar-refractivity contribution in [2.24, 2.45) is 0 Å². The minimum Gasteiger partial charge on any atom is -0.457 e. The van der Waals surface area contributed by atoms with Crippen molar-refractivity contribution >= 4 is 11.7 Å². The van der Waals surface area contributed by atoms with E-state index in [4.69, 9.17) is 10.5 Å². The third kappa shape index (κ3) is 3.15. The number of benzene rings is 2. The fourth-order valence-electron chi connectivity index (χ4n) is 1.85. The van der Waals surface area contributed by atoms with Crippen LogP contribution in [0.25, 0.3) is 0 Å². The number of anilines is 1. The van der Waals surface area contributed by atoms with Crippen molar-refractivity contribution in [1.82, 2.24) is 0 Å². The lowest BCUT2D eigenvalue weighted by Gasteiger charge is -2.08. The Bertz CT molecular complexity index is 630. The maximum Gasteiger partial charge on any atom is 0.338 e. The second-order valence-electron chi connectivity index (χ2n) is 4.74. The molecule has 0 spiro atoms. The number of halogens is 1. The summed E-state index contributed by atoms with van der Waals surface area (Å²) in [6.07, 6.45) is 0. The molecule has 0 atom stereocenters. The van der Waals surface area contributed by atoms with Gasteiger partial charge < -0.3 is 10.5 Å². The molecule has 0 fully saturated rings. The van der Waals surface area contributed by atoms with Crippen LogP contribution in [-0.4, -0.2) is 5.97 Å². The maximum absolute atomic E-state index is 13.5. The quantitative estimate of drug-likeness (QED) is 0.689. The van der Waals surface area contributed by atoms with E-state index in [1.54, 1.807) is 6.92 Å². The van der Waals surface area contributed by atoms with Gasteiger partial charge in [0.15, 0.2) is 0 Å². The zero-order valence-corrected chi connectivity index (χ0v) is 11.4. The smallest absolute Gasteiger partial charge is 0.338 e. The summed E-state index contributed by atoms with van der Waals surface area (Å²) in [4.78, 5) is 11.9. The van der Waals surface area contributed by atoms with Gasteiger partial charge in [0, 0.05) is 11.3 Å². The van der Waals surface area contributed by atoms with Gasteiger partial charge in [-0.15, -0.1) is 0 Å². The lowest BCUT2D eigenvalue weighted by molar-refractivity contribution is 0.0472. The highest BCUT2D eigenvalue weighted by molar-refractivity contribution is 5.90. The van der Waals surface area contributed by atoms with Crippen molar-refractivity contribution in [2.45, 2.75) is 20.5 Å². The second-order valence-corrected chi connectivity index (χ2v) is 4.74. The summed E-state index contributed by atoms with van der Waals surface area (Å²) in [5.74, 6) is -1.09. The summed E-state index contributed by atoms with van der Waals surface area (Å²) in [6.45, 7) is 3.67. The molecule has 0 aliphatic heterocycles. The number of ether oxygens (including phenoxy) is 1. The molecule has 0 radical (unpaired) electrons. The fourth-order valence-corrected chi connectivity index (χ4v) is 1.85. The van der Waals surface area contributed by atoms with Gasteiger partial charge in [0.1, 0.15) is 12.4 Å². The summed E-state index contributed by atoms with van der Waals surface area (Å²) < 4.78 is 18.7. The summed E-state index contributed by atoms with van der Waals surface area (Å²) in [5, 5.41) is 0. The van der Waals surface area contributed by atoms with Gasteiger partial charge in [0.05, 0.1) is 5.56 Å². The summed E-state index contributed by atoms with van der Waals surface area (Å²) >= 11 is 0. The lowest BCUT2D eigenvalue weighted by atomic mass is 10.1. The molecule has 0 aromatic heterocycles. The number of hydrogen-bond acceptors (Lipinski definition) is 3. The van der Waals surface area contributed by atoms with Crippen LogP contribution >= 0.6 is 0 Å². The van der Waals surface area contributed by atoms with Gasteiger partial charge in [-0.1, -0.05) is 29.8 Å². The van der Waals surface area contributed by atoms with Crippen molar-refractivity contribution < 1.29 is 13.9 Å². The van der Waals surface area contributed by atoms with Crippen molar-refractivity contribution in [3.05, 3.63) is 64.5 Å². The number of nitrogens with two attached hydrogens (primary N) is 1. The van der Waals surface area contributed by atoms with Crippen LogP contribution < -0.4 is 5.73 Å².